The van der Waals surface area contributed by atoms with Crippen molar-refractivity contribution in [1.82, 2.24) is 30.4 Å². The largest absolute Gasteiger partial charge is 0.497 e. The average Bonchev–Trinajstić information content (AvgIpc) is 3.42. The van der Waals surface area contributed by atoms with E-state index in [4.69, 9.17) is 9.47 Å². The van der Waals surface area contributed by atoms with Gasteiger partial charge in [-0.05, 0) is 34.7 Å². The lowest BCUT2D eigenvalue weighted by Crippen LogP contribution is -2.55. The van der Waals surface area contributed by atoms with Crippen LogP contribution in [-0.4, -0.2) is 84.0 Å². The van der Waals surface area contributed by atoms with Crippen LogP contribution in [0.4, 0.5) is 5.13 Å². The van der Waals surface area contributed by atoms with Crippen molar-refractivity contribution < 1.29 is 24.8 Å². The van der Waals surface area contributed by atoms with E-state index in [-0.39, 0.29) is 6.61 Å². The van der Waals surface area contributed by atoms with Crippen LogP contribution in [0, 0.1) is 0 Å². The van der Waals surface area contributed by atoms with E-state index in [1.54, 1.807) is 11.8 Å². The standard InChI is InChI=1S/C16H19N7O5S2/c1-27-9-4-2-8(3-5-9)23-16(20-21-22-23)29-7-11-18-19-15(30-11)17-14-13(26)12(25)10(24)6-28-14/h2-5,10,12-14,24-26H,6-7H2,1H3,(H,17,19)/t10-,12+,13-,14-/m1/s1. The molecule has 160 valence electrons. The Labute approximate surface area is 178 Å². The van der Waals surface area contributed by atoms with Gasteiger partial charge in [-0.2, -0.15) is 4.68 Å². The van der Waals surface area contributed by atoms with Gasteiger partial charge in [0.25, 0.3) is 0 Å². The van der Waals surface area contributed by atoms with Gasteiger partial charge in [0.05, 0.1) is 25.2 Å². The SMILES string of the molecule is COc1ccc(-n2nnnc2SCc2nnc(N[C@@H]3OC[C@@H](O)[C@H](O)[C@H]3O)s2)cc1. The van der Waals surface area contributed by atoms with Crippen molar-refractivity contribution >= 4 is 28.2 Å². The molecule has 0 bridgehead atoms. The molecule has 14 heteroatoms. The smallest absolute Gasteiger partial charge is 0.214 e. The zero-order valence-corrected chi connectivity index (χ0v) is 17.3. The molecule has 3 aromatic rings. The van der Waals surface area contributed by atoms with Crippen LogP contribution in [-0.2, 0) is 10.5 Å². The Balaban J connectivity index is 1.37. The second-order valence-electron chi connectivity index (χ2n) is 6.31. The molecule has 4 rings (SSSR count). The summed E-state index contributed by atoms with van der Waals surface area (Å²) in [4.78, 5) is 0. The number of nitrogens with zero attached hydrogens (tertiary/aromatic N) is 6. The number of aliphatic hydroxyl groups is 3. The minimum absolute atomic E-state index is 0.0918. The molecule has 2 aromatic heterocycles. The van der Waals surface area contributed by atoms with Crippen LogP contribution in [0.15, 0.2) is 29.4 Å². The highest BCUT2D eigenvalue weighted by Gasteiger charge is 2.37. The molecule has 3 heterocycles. The third-order valence-corrected chi connectivity index (χ3v) is 6.28. The van der Waals surface area contributed by atoms with Gasteiger partial charge in [-0.15, -0.1) is 15.3 Å². The van der Waals surface area contributed by atoms with E-state index in [1.807, 2.05) is 24.3 Å². The maximum Gasteiger partial charge on any atom is 0.214 e. The average molecular weight is 454 g/mol. The predicted molar refractivity (Wildman–Crippen MR) is 107 cm³/mol. The molecule has 30 heavy (non-hydrogen) atoms. The monoisotopic (exact) mass is 453 g/mol. The van der Waals surface area contributed by atoms with Crippen molar-refractivity contribution in [2.45, 2.75) is 35.4 Å². The number of thioether (sulfide) groups is 1. The molecule has 0 aliphatic carbocycles. The number of anilines is 1. The Morgan fingerprint density at radius 3 is 2.77 bits per heavy atom. The summed E-state index contributed by atoms with van der Waals surface area (Å²) in [5.74, 6) is 1.22. The number of tetrazole rings is 1. The van der Waals surface area contributed by atoms with Crippen molar-refractivity contribution in [3.63, 3.8) is 0 Å². The van der Waals surface area contributed by atoms with Gasteiger partial charge in [-0.1, -0.05) is 23.1 Å². The number of aliphatic hydroxyl groups excluding tert-OH is 3. The Bertz CT molecular complexity index is 969. The number of aromatic nitrogens is 6. The summed E-state index contributed by atoms with van der Waals surface area (Å²) in [7, 11) is 1.60. The zero-order valence-electron chi connectivity index (χ0n) is 15.7. The predicted octanol–water partition coefficient (Wildman–Crippen LogP) is -0.334. The third kappa shape index (κ3) is 4.53. The van der Waals surface area contributed by atoms with Crippen molar-refractivity contribution in [2.75, 3.05) is 19.0 Å². The number of rotatable bonds is 7. The summed E-state index contributed by atoms with van der Waals surface area (Å²) in [5, 5.41) is 53.8. The summed E-state index contributed by atoms with van der Waals surface area (Å²) < 4.78 is 12.1. The fourth-order valence-electron chi connectivity index (χ4n) is 2.71. The van der Waals surface area contributed by atoms with Crippen molar-refractivity contribution in [3.8, 4) is 11.4 Å². The first-order valence-electron chi connectivity index (χ1n) is 8.85. The van der Waals surface area contributed by atoms with E-state index in [2.05, 4.69) is 31.0 Å². The molecular weight excluding hydrogens is 434 g/mol. The highest BCUT2D eigenvalue weighted by Crippen LogP contribution is 2.27. The van der Waals surface area contributed by atoms with Gasteiger partial charge in [-0.25, -0.2) is 0 Å². The van der Waals surface area contributed by atoms with E-state index in [0.717, 1.165) is 11.4 Å². The highest BCUT2D eigenvalue weighted by molar-refractivity contribution is 7.98. The van der Waals surface area contributed by atoms with Crippen molar-refractivity contribution in [1.29, 1.82) is 0 Å². The summed E-state index contributed by atoms with van der Waals surface area (Å²) in [5.41, 5.74) is 0.798. The summed E-state index contributed by atoms with van der Waals surface area (Å²) in [6.45, 7) is -0.0918. The van der Waals surface area contributed by atoms with Crippen LogP contribution < -0.4 is 10.1 Å². The molecule has 1 aromatic carbocycles. The van der Waals surface area contributed by atoms with Crippen LogP contribution in [0.5, 0.6) is 5.75 Å². The van der Waals surface area contributed by atoms with Gasteiger partial charge in [0, 0.05) is 0 Å². The number of nitrogens with one attached hydrogen (secondary N) is 1. The quantitative estimate of drug-likeness (QED) is 0.345. The van der Waals surface area contributed by atoms with Gasteiger partial charge in [-0.3, -0.25) is 0 Å². The normalized spacial score (nSPS) is 24.0. The number of methoxy groups -OCH3 is 1. The number of hydrogen-bond donors (Lipinski definition) is 4. The van der Waals surface area contributed by atoms with Gasteiger partial charge < -0.3 is 30.1 Å². The molecular formula is C16H19N7O5S2. The number of hydrogen-bond acceptors (Lipinski definition) is 13. The number of benzene rings is 1. The molecule has 0 spiro atoms. The second-order valence-corrected chi connectivity index (χ2v) is 8.31. The fourth-order valence-corrected chi connectivity index (χ4v) is 4.35. The summed E-state index contributed by atoms with van der Waals surface area (Å²) >= 11 is 2.67. The maximum absolute atomic E-state index is 10.00. The van der Waals surface area contributed by atoms with E-state index < -0.39 is 24.5 Å². The second kappa shape index (κ2) is 9.20. The Morgan fingerprint density at radius 2 is 2.00 bits per heavy atom. The van der Waals surface area contributed by atoms with Crippen LogP contribution >= 0.6 is 23.1 Å². The zero-order chi connectivity index (χ0) is 21.1. The minimum Gasteiger partial charge on any atom is -0.497 e. The van der Waals surface area contributed by atoms with Gasteiger partial charge in [0.15, 0.2) is 6.23 Å². The van der Waals surface area contributed by atoms with Crippen LogP contribution in [0.25, 0.3) is 5.69 Å². The lowest BCUT2D eigenvalue weighted by atomic mass is 10.0. The topological polar surface area (TPSA) is 161 Å². The van der Waals surface area contributed by atoms with Crippen molar-refractivity contribution in [2.24, 2.45) is 0 Å². The lowest BCUT2D eigenvalue weighted by Gasteiger charge is -2.35. The lowest BCUT2D eigenvalue weighted by molar-refractivity contribution is -0.178. The van der Waals surface area contributed by atoms with Crippen molar-refractivity contribution in [3.05, 3.63) is 29.3 Å². The van der Waals surface area contributed by atoms with E-state index in [0.29, 0.717) is 21.0 Å². The molecule has 4 atom stereocenters. The molecule has 0 radical (unpaired) electrons. The molecule has 1 saturated heterocycles. The molecule has 1 aliphatic heterocycles. The first kappa shape index (κ1) is 20.9. The van der Waals surface area contributed by atoms with E-state index in [1.165, 1.54) is 23.1 Å². The first-order valence-corrected chi connectivity index (χ1v) is 10.7. The van der Waals surface area contributed by atoms with Crippen LogP contribution in [0.2, 0.25) is 0 Å². The van der Waals surface area contributed by atoms with Gasteiger partial charge in [0.1, 0.15) is 29.1 Å². The molecule has 12 nitrogen and oxygen atoms in total. The minimum atomic E-state index is -1.30. The molecule has 4 N–H and O–H groups in total. The Morgan fingerprint density at radius 1 is 1.20 bits per heavy atom. The van der Waals surface area contributed by atoms with E-state index >= 15 is 0 Å². The first-order chi connectivity index (χ1) is 14.5. The van der Waals surface area contributed by atoms with E-state index in [9.17, 15) is 15.3 Å². The third-order valence-electron chi connectivity index (χ3n) is 4.32. The summed E-state index contributed by atoms with van der Waals surface area (Å²) in [6, 6.07) is 7.36. The van der Waals surface area contributed by atoms with Crippen LogP contribution in [0.1, 0.15) is 5.01 Å². The van der Waals surface area contributed by atoms with Gasteiger partial charge in [0.2, 0.25) is 10.3 Å². The summed E-state index contributed by atoms with van der Waals surface area (Å²) in [6.07, 6.45) is -4.60. The number of ether oxygens (including phenoxy) is 2. The maximum atomic E-state index is 10.00. The molecule has 0 amide bonds. The Kier molecular flexibility index (Phi) is 6.40. The molecule has 0 saturated carbocycles. The fraction of sp³-hybridized carbons (Fsp3) is 0.438. The molecule has 1 fully saturated rings. The Hall–Kier alpha value is -2.36. The van der Waals surface area contributed by atoms with Gasteiger partial charge >= 0.3 is 0 Å². The highest BCUT2D eigenvalue weighted by atomic mass is 32.2. The molecule has 0 unspecified atom stereocenters. The van der Waals surface area contributed by atoms with Crippen LogP contribution in [0.3, 0.4) is 0 Å². The molecule has 1 aliphatic rings.